The molecule has 24 heavy (non-hydrogen) atoms. The minimum Gasteiger partial charge on any atom is -0.338 e. The van der Waals surface area contributed by atoms with Crippen LogP contribution in [0.1, 0.15) is 22.1 Å². The van der Waals surface area contributed by atoms with Gasteiger partial charge >= 0.3 is 0 Å². The van der Waals surface area contributed by atoms with Gasteiger partial charge in [-0.3, -0.25) is 4.79 Å². The monoisotopic (exact) mass is 365 g/mol. The molecule has 6 heteroatoms. The Morgan fingerprint density at radius 3 is 2.92 bits per heavy atom. The van der Waals surface area contributed by atoms with Crippen LogP contribution >= 0.6 is 23.1 Å². The van der Waals surface area contributed by atoms with Gasteiger partial charge in [0.1, 0.15) is 11.6 Å². The number of nitrogens with zero attached hydrogens (tertiary/aromatic N) is 1. The lowest BCUT2D eigenvalue weighted by Gasteiger charge is -2.18. The Bertz CT molecular complexity index is 731. The van der Waals surface area contributed by atoms with E-state index in [4.69, 9.17) is 0 Å². The molecule has 0 saturated carbocycles. The average molecular weight is 365 g/mol. The Kier molecular flexibility index (Phi) is 5.68. The SMILES string of the molecule is O=C(/C=C/c1cccs1)N1CCSC(c2cc(F)ccc2F)CC1. The second-order valence-electron chi connectivity index (χ2n) is 5.49. The van der Waals surface area contributed by atoms with E-state index in [2.05, 4.69) is 0 Å². The summed E-state index contributed by atoms with van der Waals surface area (Å²) in [6, 6.07) is 7.46. The first-order valence-corrected chi connectivity index (χ1v) is 9.63. The van der Waals surface area contributed by atoms with E-state index < -0.39 is 5.82 Å². The molecule has 0 bridgehead atoms. The van der Waals surface area contributed by atoms with Crippen LogP contribution in [0.15, 0.2) is 41.8 Å². The highest BCUT2D eigenvalue weighted by molar-refractivity contribution is 7.99. The van der Waals surface area contributed by atoms with Crippen LogP contribution < -0.4 is 0 Å². The molecule has 126 valence electrons. The maximum atomic E-state index is 13.9. The molecule has 1 aromatic heterocycles. The lowest BCUT2D eigenvalue weighted by Crippen LogP contribution is -2.31. The highest BCUT2D eigenvalue weighted by Crippen LogP contribution is 2.36. The second-order valence-corrected chi connectivity index (χ2v) is 7.78. The van der Waals surface area contributed by atoms with Crippen LogP contribution in [0.5, 0.6) is 0 Å². The van der Waals surface area contributed by atoms with Gasteiger partial charge in [0.2, 0.25) is 5.91 Å². The van der Waals surface area contributed by atoms with E-state index in [9.17, 15) is 13.6 Å². The summed E-state index contributed by atoms with van der Waals surface area (Å²) in [5.41, 5.74) is 0.392. The number of hydrogen-bond acceptors (Lipinski definition) is 3. The third-order valence-corrected chi connectivity index (χ3v) is 6.04. The van der Waals surface area contributed by atoms with E-state index in [1.165, 1.54) is 12.1 Å². The molecule has 1 fully saturated rings. The normalized spacial score (nSPS) is 18.8. The second kappa shape index (κ2) is 7.94. The summed E-state index contributed by atoms with van der Waals surface area (Å²) in [5.74, 6) is -0.141. The molecule has 0 spiro atoms. The van der Waals surface area contributed by atoms with E-state index >= 15 is 0 Å². The van der Waals surface area contributed by atoms with Gasteiger partial charge in [-0.25, -0.2) is 8.78 Å². The van der Waals surface area contributed by atoms with Crippen LogP contribution in [-0.2, 0) is 4.79 Å². The van der Waals surface area contributed by atoms with Crippen LogP contribution in [0, 0.1) is 11.6 Å². The number of thioether (sulfide) groups is 1. The summed E-state index contributed by atoms with van der Waals surface area (Å²) >= 11 is 3.15. The van der Waals surface area contributed by atoms with Crippen molar-refractivity contribution in [2.45, 2.75) is 11.7 Å². The Balaban J connectivity index is 1.64. The van der Waals surface area contributed by atoms with Crippen molar-refractivity contribution in [2.75, 3.05) is 18.8 Å². The van der Waals surface area contributed by atoms with Crippen molar-refractivity contribution in [3.63, 3.8) is 0 Å². The van der Waals surface area contributed by atoms with Crippen molar-refractivity contribution in [2.24, 2.45) is 0 Å². The van der Waals surface area contributed by atoms with Gasteiger partial charge in [0.25, 0.3) is 0 Å². The molecule has 3 rings (SSSR count). The molecule has 1 unspecified atom stereocenters. The van der Waals surface area contributed by atoms with Crippen LogP contribution in [0.4, 0.5) is 8.78 Å². The first-order chi connectivity index (χ1) is 11.6. The number of halogens is 2. The third kappa shape index (κ3) is 4.24. The number of carbonyl (C=O) groups is 1. The minimum absolute atomic E-state index is 0.0376. The molecule has 2 nitrogen and oxygen atoms in total. The van der Waals surface area contributed by atoms with Crippen molar-refractivity contribution in [3.05, 3.63) is 63.9 Å². The fourth-order valence-corrected chi connectivity index (χ4v) is 4.51. The summed E-state index contributed by atoms with van der Waals surface area (Å²) in [6.07, 6.45) is 4.01. The molecule has 0 aliphatic carbocycles. The number of rotatable bonds is 3. The predicted octanol–water partition coefficient (Wildman–Crippen LogP) is 4.75. The summed E-state index contributed by atoms with van der Waals surface area (Å²) < 4.78 is 27.3. The fraction of sp³-hybridized carbons (Fsp3) is 0.278. The van der Waals surface area contributed by atoms with Gasteiger partial charge in [-0.15, -0.1) is 11.3 Å². The van der Waals surface area contributed by atoms with Gasteiger partial charge in [0, 0.05) is 40.6 Å². The van der Waals surface area contributed by atoms with E-state index in [0.717, 1.165) is 10.9 Å². The molecule has 1 atom stereocenters. The lowest BCUT2D eigenvalue weighted by molar-refractivity contribution is -0.125. The Hall–Kier alpha value is -1.66. The maximum absolute atomic E-state index is 13.9. The molecule has 1 saturated heterocycles. The molecule has 0 radical (unpaired) electrons. The van der Waals surface area contributed by atoms with Crippen molar-refractivity contribution < 1.29 is 13.6 Å². The van der Waals surface area contributed by atoms with Gasteiger partial charge in [0.05, 0.1) is 0 Å². The molecule has 2 aromatic rings. The first-order valence-electron chi connectivity index (χ1n) is 7.70. The van der Waals surface area contributed by atoms with Crippen LogP contribution in [0.2, 0.25) is 0 Å². The van der Waals surface area contributed by atoms with Gasteiger partial charge in [-0.2, -0.15) is 11.8 Å². The highest BCUT2D eigenvalue weighted by Gasteiger charge is 2.23. The molecular formula is C18H17F2NOS2. The largest absolute Gasteiger partial charge is 0.338 e. The molecule has 1 aromatic carbocycles. The van der Waals surface area contributed by atoms with Crippen molar-refractivity contribution >= 4 is 35.1 Å². The highest BCUT2D eigenvalue weighted by atomic mass is 32.2. The smallest absolute Gasteiger partial charge is 0.246 e. The quantitative estimate of drug-likeness (QED) is 0.732. The van der Waals surface area contributed by atoms with Gasteiger partial charge in [-0.1, -0.05) is 6.07 Å². The van der Waals surface area contributed by atoms with Crippen molar-refractivity contribution in [3.8, 4) is 0 Å². The molecule has 1 aliphatic heterocycles. The number of benzene rings is 1. The van der Waals surface area contributed by atoms with Crippen molar-refractivity contribution in [1.29, 1.82) is 0 Å². The minimum atomic E-state index is -0.428. The number of hydrogen-bond donors (Lipinski definition) is 0. The summed E-state index contributed by atoms with van der Waals surface area (Å²) in [5, 5.41) is 1.84. The van der Waals surface area contributed by atoms with E-state index in [-0.39, 0.29) is 17.0 Å². The van der Waals surface area contributed by atoms with Crippen LogP contribution in [0.25, 0.3) is 6.08 Å². The van der Waals surface area contributed by atoms with E-state index in [0.29, 0.717) is 30.8 Å². The maximum Gasteiger partial charge on any atom is 0.246 e. The third-order valence-electron chi connectivity index (χ3n) is 3.89. The van der Waals surface area contributed by atoms with Crippen LogP contribution in [0.3, 0.4) is 0 Å². The molecule has 2 heterocycles. The zero-order valence-corrected chi connectivity index (χ0v) is 14.6. The van der Waals surface area contributed by atoms with Crippen molar-refractivity contribution in [1.82, 2.24) is 4.90 Å². The standard InChI is InChI=1S/C18H17F2NOS2/c19-13-3-5-16(20)15(12-13)17-7-8-21(9-11-24-17)18(22)6-4-14-2-1-10-23-14/h1-6,10,12,17H,7-9,11H2/b6-4+. The van der Waals surface area contributed by atoms with Gasteiger partial charge in [-0.05, 0) is 42.1 Å². The first kappa shape index (κ1) is 17.2. The summed E-state index contributed by atoms with van der Waals surface area (Å²) in [7, 11) is 0. The lowest BCUT2D eigenvalue weighted by atomic mass is 10.1. The Morgan fingerprint density at radius 1 is 1.25 bits per heavy atom. The summed E-state index contributed by atoms with van der Waals surface area (Å²) in [4.78, 5) is 15.1. The summed E-state index contributed by atoms with van der Waals surface area (Å²) in [6.45, 7) is 1.16. The van der Waals surface area contributed by atoms with Gasteiger partial charge in [0.15, 0.2) is 0 Å². The number of thiophene rings is 1. The zero-order chi connectivity index (χ0) is 16.9. The average Bonchev–Trinajstić information content (AvgIpc) is 2.98. The zero-order valence-electron chi connectivity index (χ0n) is 13.0. The molecule has 0 N–H and O–H groups in total. The van der Waals surface area contributed by atoms with E-state index in [1.807, 2.05) is 23.6 Å². The topological polar surface area (TPSA) is 20.3 Å². The van der Waals surface area contributed by atoms with Crippen LogP contribution in [-0.4, -0.2) is 29.6 Å². The Morgan fingerprint density at radius 2 is 2.12 bits per heavy atom. The number of amides is 1. The fourth-order valence-electron chi connectivity index (χ4n) is 2.65. The number of carbonyl (C=O) groups excluding carboxylic acids is 1. The van der Waals surface area contributed by atoms with E-state index in [1.54, 1.807) is 34.1 Å². The van der Waals surface area contributed by atoms with Gasteiger partial charge < -0.3 is 4.90 Å². The predicted molar refractivity (Wildman–Crippen MR) is 96.1 cm³/mol. The molecule has 1 aliphatic rings. The molecule has 1 amide bonds. The Labute approximate surface area is 148 Å². The molecular weight excluding hydrogens is 348 g/mol.